The Labute approximate surface area is 160 Å². The molecule has 0 amide bonds. The highest BCUT2D eigenvalue weighted by molar-refractivity contribution is 5.69. The zero-order valence-electron chi connectivity index (χ0n) is 16.3. The summed E-state index contributed by atoms with van der Waals surface area (Å²) < 4.78 is 7.75. The first-order valence-electron chi connectivity index (χ1n) is 9.24. The molecule has 1 atom stereocenters. The van der Waals surface area contributed by atoms with Crippen LogP contribution < -0.4 is 0 Å². The minimum atomic E-state index is -0.814. The van der Waals surface area contributed by atoms with Gasteiger partial charge in [0.25, 0.3) is 0 Å². The van der Waals surface area contributed by atoms with Crippen LogP contribution >= 0.6 is 0 Å². The Morgan fingerprint density at radius 2 is 2.22 bits per heavy atom. The van der Waals surface area contributed by atoms with Gasteiger partial charge in [0.1, 0.15) is 0 Å². The normalized spacial score (nSPS) is 18.1. The molecule has 1 aliphatic heterocycles. The summed E-state index contributed by atoms with van der Waals surface area (Å²) in [6.45, 7) is 5.92. The molecule has 1 fully saturated rings. The van der Waals surface area contributed by atoms with Crippen molar-refractivity contribution in [2.45, 2.75) is 19.6 Å². The van der Waals surface area contributed by atoms with Gasteiger partial charge in [-0.25, -0.2) is 0 Å². The highest BCUT2D eigenvalue weighted by Gasteiger charge is 2.23. The fourth-order valence-corrected chi connectivity index (χ4v) is 3.62. The van der Waals surface area contributed by atoms with E-state index in [1.165, 1.54) is 16.7 Å². The number of carbonyl (C=O) groups is 1. The van der Waals surface area contributed by atoms with Gasteiger partial charge >= 0.3 is 5.97 Å². The van der Waals surface area contributed by atoms with E-state index >= 15 is 0 Å². The predicted octanol–water partition coefficient (Wildman–Crippen LogP) is 1.61. The number of rotatable bonds is 7. The summed E-state index contributed by atoms with van der Waals surface area (Å²) in [6.07, 6.45) is 1.85. The number of aromatic nitrogens is 2. The average Bonchev–Trinajstić information content (AvgIpc) is 3.02. The van der Waals surface area contributed by atoms with Gasteiger partial charge in [0.15, 0.2) is 0 Å². The van der Waals surface area contributed by atoms with Gasteiger partial charge in [-0.2, -0.15) is 5.10 Å². The van der Waals surface area contributed by atoms with Crippen molar-refractivity contribution in [2.24, 2.45) is 7.05 Å². The fourth-order valence-electron chi connectivity index (χ4n) is 3.62. The van der Waals surface area contributed by atoms with Gasteiger partial charge in [-0.3, -0.25) is 19.3 Å². The Hall–Kier alpha value is -2.22. The summed E-state index contributed by atoms with van der Waals surface area (Å²) in [4.78, 5) is 15.0. The molecule has 0 bridgehead atoms. The van der Waals surface area contributed by atoms with E-state index in [2.05, 4.69) is 35.1 Å². The van der Waals surface area contributed by atoms with Crippen molar-refractivity contribution in [2.75, 3.05) is 39.8 Å². The van der Waals surface area contributed by atoms with Gasteiger partial charge in [-0.15, -0.1) is 0 Å². The molecule has 3 rings (SSSR count). The molecule has 1 N–H and O–H groups in total. The predicted molar refractivity (Wildman–Crippen MR) is 104 cm³/mol. The van der Waals surface area contributed by atoms with E-state index in [9.17, 15) is 4.79 Å². The minimum Gasteiger partial charge on any atom is -0.480 e. The van der Waals surface area contributed by atoms with Gasteiger partial charge in [-0.1, -0.05) is 17.7 Å². The van der Waals surface area contributed by atoms with E-state index < -0.39 is 5.97 Å². The maximum atomic E-state index is 10.9. The third kappa shape index (κ3) is 5.15. The number of likely N-dealkylation sites (N-methyl/N-ethyl adjacent to an activating group) is 1. The van der Waals surface area contributed by atoms with Crippen LogP contribution in [0.15, 0.2) is 30.5 Å². The number of carboxylic acid groups (broad SMARTS) is 1. The number of aliphatic carboxylic acids is 1. The number of aryl methyl sites for hydroxylation is 2. The van der Waals surface area contributed by atoms with E-state index in [-0.39, 0.29) is 12.6 Å². The molecular formula is C20H28N4O3. The van der Waals surface area contributed by atoms with Crippen LogP contribution in [0.4, 0.5) is 0 Å². The Morgan fingerprint density at radius 1 is 1.41 bits per heavy atom. The molecule has 7 heteroatoms. The second kappa shape index (κ2) is 8.65. The summed E-state index contributed by atoms with van der Waals surface area (Å²) in [5.74, 6) is -0.814. The number of hydrogen-bond donors (Lipinski definition) is 1. The van der Waals surface area contributed by atoms with Gasteiger partial charge in [0.2, 0.25) is 0 Å². The molecule has 0 spiro atoms. The third-order valence-electron chi connectivity index (χ3n) is 4.90. The van der Waals surface area contributed by atoms with E-state index in [1.807, 2.05) is 31.0 Å². The number of morpholine rings is 1. The third-order valence-corrected chi connectivity index (χ3v) is 4.90. The molecule has 0 radical (unpaired) electrons. The van der Waals surface area contributed by atoms with Crippen molar-refractivity contribution in [3.63, 3.8) is 0 Å². The van der Waals surface area contributed by atoms with Crippen LogP contribution in [0.2, 0.25) is 0 Å². The molecule has 1 unspecified atom stereocenters. The van der Waals surface area contributed by atoms with Gasteiger partial charge in [0, 0.05) is 45.0 Å². The van der Waals surface area contributed by atoms with Crippen molar-refractivity contribution >= 4 is 5.97 Å². The second-order valence-electron chi connectivity index (χ2n) is 7.32. The summed E-state index contributed by atoms with van der Waals surface area (Å²) in [5, 5.41) is 13.2. The smallest absolute Gasteiger partial charge is 0.317 e. The maximum Gasteiger partial charge on any atom is 0.317 e. The Kier molecular flexibility index (Phi) is 6.26. The first-order valence-corrected chi connectivity index (χ1v) is 9.24. The molecule has 7 nitrogen and oxygen atoms in total. The number of ether oxygens (including phenoxy) is 1. The van der Waals surface area contributed by atoms with Crippen molar-refractivity contribution in [1.82, 2.24) is 19.6 Å². The van der Waals surface area contributed by atoms with Crippen LogP contribution in [0.5, 0.6) is 0 Å². The zero-order valence-corrected chi connectivity index (χ0v) is 16.3. The summed E-state index contributed by atoms with van der Waals surface area (Å²) in [5.41, 5.74) is 4.81. The first kappa shape index (κ1) is 19.5. The van der Waals surface area contributed by atoms with Crippen LogP contribution in [-0.4, -0.2) is 76.6 Å². The Balaban J connectivity index is 1.70. The number of carboxylic acids is 1. The van der Waals surface area contributed by atoms with Crippen LogP contribution in [0.1, 0.15) is 11.1 Å². The molecule has 2 aromatic rings. The lowest BCUT2D eigenvalue weighted by Gasteiger charge is -2.35. The lowest BCUT2D eigenvalue weighted by atomic mass is 10.0. The largest absolute Gasteiger partial charge is 0.480 e. The van der Waals surface area contributed by atoms with Crippen LogP contribution in [0, 0.1) is 6.92 Å². The van der Waals surface area contributed by atoms with Crippen LogP contribution in [0.25, 0.3) is 11.3 Å². The average molecular weight is 372 g/mol. The molecule has 146 valence electrons. The molecule has 0 aliphatic carbocycles. The molecule has 27 heavy (non-hydrogen) atoms. The Bertz CT molecular complexity index is 789. The molecule has 1 aromatic carbocycles. The number of hydrogen-bond acceptors (Lipinski definition) is 5. The summed E-state index contributed by atoms with van der Waals surface area (Å²) in [7, 11) is 3.78. The van der Waals surface area contributed by atoms with E-state index in [0.717, 1.165) is 25.3 Å². The lowest BCUT2D eigenvalue weighted by Crippen LogP contribution is -2.47. The first-order chi connectivity index (χ1) is 12.9. The highest BCUT2D eigenvalue weighted by Crippen LogP contribution is 2.26. The second-order valence-corrected chi connectivity index (χ2v) is 7.32. The van der Waals surface area contributed by atoms with Crippen molar-refractivity contribution < 1.29 is 14.6 Å². The molecular weight excluding hydrogens is 344 g/mol. The molecule has 1 aromatic heterocycles. The molecule has 1 saturated heterocycles. The standard InChI is InChI=1S/C20H28N4O3/c1-15-4-5-16(18(10-15)19-6-7-21-23(19)3)11-24-8-9-27-17(13-24)12-22(2)14-20(25)26/h4-7,10,17H,8-9,11-14H2,1-3H3,(H,25,26). The van der Waals surface area contributed by atoms with E-state index in [0.29, 0.717) is 13.2 Å². The molecule has 1 aliphatic rings. The van der Waals surface area contributed by atoms with Gasteiger partial charge < -0.3 is 9.84 Å². The number of benzene rings is 1. The van der Waals surface area contributed by atoms with Gasteiger partial charge in [0.05, 0.1) is 24.9 Å². The maximum absolute atomic E-state index is 10.9. The van der Waals surface area contributed by atoms with E-state index in [1.54, 1.807) is 4.90 Å². The lowest BCUT2D eigenvalue weighted by molar-refractivity contribution is -0.138. The number of nitrogens with zero attached hydrogens (tertiary/aromatic N) is 4. The van der Waals surface area contributed by atoms with Crippen molar-refractivity contribution in [3.8, 4) is 11.3 Å². The van der Waals surface area contributed by atoms with Gasteiger partial charge in [-0.05, 0) is 31.7 Å². The monoisotopic (exact) mass is 372 g/mol. The SMILES string of the molecule is Cc1ccc(CN2CCOC(CN(C)CC(=O)O)C2)c(-c2ccnn2C)c1. The van der Waals surface area contributed by atoms with E-state index in [4.69, 9.17) is 9.84 Å². The minimum absolute atomic E-state index is 0.0219. The highest BCUT2D eigenvalue weighted by atomic mass is 16.5. The molecule has 2 heterocycles. The summed E-state index contributed by atoms with van der Waals surface area (Å²) >= 11 is 0. The van der Waals surface area contributed by atoms with Crippen molar-refractivity contribution in [1.29, 1.82) is 0 Å². The van der Waals surface area contributed by atoms with Crippen LogP contribution in [-0.2, 0) is 23.1 Å². The molecule has 0 saturated carbocycles. The zero-order chi connectivity index (χ0) is 19.4. The summed E-state index contributed by atoms with van der Waals surface area (Å²) in [6, 6.07) is 8.60. The Morgan fingerprint density at radius 3 is 2.93 bits per heavy atom. The quantitative estimate of drug-likeness (QED) is 0.796. The van der Waals surface area contributed by atoms with Crippen LogP contribution in [0.3, 0.4) is 0 Å². The van der Waals surface area contributed by atoms with Crippen molar-refractivity contribution in [3.05, 3.63) is 41.6 Å². The topological polar surface area (TPSA) is 70.8 Å². The fraction of sp³-hybridized carbons (Fsp3) is 0.500.